The second-order valence-electron chi connectivity index (χ2n) is 7.67. The largest absolute Gasteiger partial charge is 0.492 e. The lowest BCUT2D eigenvalue weighted by atomic mass is 10.1. The number of para-hydroxylation sites is 2. The van der Waals surface area contributed by atoms with Crippen LogP contribution in [-0.2, 0) is 9.59 Å². The highest BCUT2D eigenvalue weighted by Gasteiger charge is 2.35. The molecule has 1 aliphatic rings. The van der Waals surface area contributed by atoms with Crippen molar-refractivity contribution in [2.24, 2.45) is 0 Å². The third-order valence-electron chi connectivity index (χ3n) is 5.26. The predicted octanol–water partition coefficient (Wildman–Crippen LogP) is 6.16. The van der Waals surface area contributed by atoms with Crippen LogP contribution in [0.1, 0.15) is 63.3 Å². The maximum Gasteiger partial charge on any atom is 0.238 e. The van der Waals surface area contributed by atoms with Crippen molar-refractivity contribution in [1.29, 1.82) is 0 Å². The Bertz CT molecular complexity index is 887. The number of rotatable bonds is 11. The van der Waals surface area contributed by atoms with Gasteiger partial charge in [-0.2, -0.15) is 0 Å². The number of benzene rings is 2. The van der Waals surface area contributed by atoms with E-state index in [2.05, 4.69) is 12.2 Å². The minimum absolute atomic E-state index is 0.0438. The van der Waals surface area contributed by atoms with Crippen molar-refractivity contribution in [3.8, 4) is 5.75 Å². The fraction of sp³-hybridized carbons (Fsp3) is 0.440. The van der Waals surface area contributed by atoms with E-state index >= 15 is 0 Å². The third kappa shape index (κ3) is 6.26. The Morgan fingerprint density at radius 3 is 2.71 bits per heavy atom. The van der Waals surface area contributed by atoms with Crippen LogP contribution in [0.4, 0.5) is 11.4 Å². The van der Waals surface area contributed by atoms with Crippen LogP contribution in [0, 0.1) is 0 Å². The lowest BCUT2D eigenvalue weighted by Gasteiger charge is -2.26. The highest BCUT2D eigenvalue weighted by Crippen LogP contribution is 2.45. The van der Waals surface area contributed by atoms with Crippen LogP contribution in [0.5, 0.6) is 5.75 Å². The van der Waals surface area contributed by atoms with Gasteiger partial charge in [-0.15, -0.1) is 11.8 Å². The summed E-state index contributed by atoms with van der Waals surface area (Å²) in [6, 6.07) is 15.5. The summed E-state index contributed by atoms with van der Waals surface area (Å²) in [5.41, 5.74) is 2.54. The normalized spacial score (nSPS) is 15.9. The first-order chi connectivity index (χ1) is 15.1. The molecule has 0 aromatic heterocycles. The van der Waals surface area contributed by atoms with Gasteiger partial charge in [-0.05, 0) is 43.2 Å². The SMILES string of the molecule is CCCCCCCC(=O)Nc1cccc([C@H]2SCC(=O)N2c2ccccc2OCC)c1. The van der Waals surface area contributed by atoms with Gasteiger partial charge in [0.25, 0.3) is 0 Å². The molecule has 2 aromatic carbocycles. The molecule has 2 aromatic rings. The molecule has 0 unspecified atom stereocenters. The molecule has 6 heteroatoms. The molecule has 31 heavy (non-hydrogen) atoms. The molecule has 0 bridgehead atoms. The number of unbranched alkanes of at least 4 members (excludes halogenated alkanes) is 4. The lowest BCUT2D eigenvalue weighted by Crippen LogP contribution is -2.28. The van der Waals surface area contributed by atoms with Crippen LogP contribution < -0.4 is 15.0 Å². The Morgan fingerprint density at radius 2 is 1.90 bits per heavy atom. The molecule has 0 saturated carbocycles. The maximum atomic E-state index is 12.8. The topological polar surface area (TPSA) is 58.6 Å². The van der Waals surface area contributed by atoms with Crippen molar-refractivity contribution in [2.45, 2.75) is 57.7 Å². The fourth-order valence-electron chi connectivity index (χ4n) is 3.75. The van der Waals surface area contributed by atoms with Gasteiger partial charge in [0.2, 0.25) is 11.8 Å². The number of nitrogens with one attached hydrogen (secondary N) is 1. The summed E-state index contributed by atoms with van der Waals surface area (Å²) in [4.78, 5) is 26.9. The van der Waals surface area contributed by atoms with Crippen LogP contribution in [0.2, 0.25) is 0 Å². The van der Waals surface area contributed by atoms with E-state index in [0.717, 1.165) is 29.8 Å². The minimum Gasteiger partial charge on any atom is -0.492 e. The van der Waals surface area contributed by atoms with Crippen molar-refractivity contribution < 1.29 is 14.3 Å². The number of nitrogens with zero attached hydrogens (tertiary/aromatic N) is 1. The second-order valence-corrected chi connectivity index (χ2v) is 8.73. The number of thioether (sulfide) groups is 1. The summed E-state index contributed by atoms with van der Waals surface area (Å²) in [6.45, 7) is 4.66. The van der Waals surface area contributed by atoms with E-state index < -0.39 is 0 Å². The summed E-state index contributed by atoms with van der Waals surface area (Å²) >= 11 is 1.59. The van der Waals surface area contributed by atoms with E-state index in [1.807, 2.05) is 60.4 Å². The standard InChI is InChI=1S/C25H32N2O3S/c1-3-5-6-7-8-16-23(28)26-20-13-11-12-19(17-20)25-27(24(29)18-31-25)21-14-9-10-15-22(21)30-4-2/h9-15,17,25H,3-8,16,18H2,1-2H3,(H,26,28)/t25-/m1/s1. The molecule has 0 aliphatic carbocycles. The van der Waals surface area contributed by atoms with Crippen LogP contribution in [0.15, 0.2) is 48.5 Å². The van der Waals surface area contributed by atoms with Gasteiger partial charge in [-0.25, -0.2) is 0 Å². The van der Waals surface area contributed by atoms with Gasteiger partial charge in [0.15, 0.2) is 0 Å². The summed E-state index contributed by atoms with van der Waals surface area (Å²) < 4.78 is 5.76. The van der Waals surface area contributed by atoms with Crippen LogP contribution >= 0.6 is 11.8 Å². The molecule has 3 rings (SSSR count). The average molecular weight is 441 g/mol. The number of anilines is 2. The van der Waals surface area contributed by atoms with Gasteiger partial charge in [0.1, 0.15) is 11.1 Å². The number of ether oxygens (including phenoxy) is 1. The quantitative estimate of drug-likeness (QED) is 0.425. The van der Waals surface area contributed by atoms with Crippen molar-refractivity contribution in [2.75, 3.05) is 22.6 Å². The summed E-state index contributed by atoms with van der Waals surface area (Å²) in [5.74, 6) is 1.23. The zero-order valence-electron chi connectivity index (χ0n) is 18.4. The zero-order chi connectivity index (χ0) is 22.1. The van der Waals surface area contributed by atoms with Gasteiger partial charge in [-0.1, -0.05) is 56.9 Å². The van der Waals surface area contributed by atoms with Gasteiger partial charge in [0, 0.05) is 12.1 Å². The molecule has 2 amide bonds. The first-order valence-electron chi connectivity index (χ1n) is 11.2. The summed E-state index contributed by atoms with van der Waals surface area (Å²) in [5, 5.41) is 2.87. The van der Waals surface area contributed by atoms with Crippen LogP contribution in [-0.4, -0.2) is 24.2 Å². The first kappa shape index (κ1) is 23.2. The highest BCUT2D eigenvalue weighted by molar-refractivity contribution is 8.00. The van der Waals surface area contributed by atoms with Gasteiger partial charge in [0.05, 0.1) is 18.0 Å². The monoisotopic (exact) mass is 440 g/mol. The van der Waals surface area contributed by atoms with Crippen molar-refractivity contribution in [3.63, 3.8) is 0 Å². The smallest absolute Gasteiger partial charge is 0.238 e. The summed E-state index contributed by atoms with van der Waals surface area (Å²) in [6.07, 6.45) is 6.16. The number of carbonyl (C=O) groups is 2. The van der Waals surface area contributed by atoms with E-state index in [9.17, 15) is 9.59 Å². The van der Waals surface area contributed by atoms with E-state index in [0.29, 0.717) is 24.5 Å². The Morgan fingerprint density at radius 1 is 1.10 bits per heavy atom. The highest BCUT2D eigenvalue weighted by atomic mass is 32.2. The molecule has 5 nitrogen and oxygen atoms in total. The van der Waals surface area contributed by atoms with E-state index in [1.165, 1.54) is 19.3 Å². The lowest BCUT2D eigenvalue weighted by molar-refractivity contribution is -0.117. The number of amides is 2. The van der Waals surface area contributed by atoms with Crippen LogP contribution in [0.25, 0.3) is 0 Å². The van der Waals surface area contributed by atoms with E-state index in [4.69, 9.17) is 4.74 Å². The minimum atomic E-state index is -0.153. The average Bonchev–Trinajstić information content (AvgIpc) is 3.16. The zero-order valence-corrected chi connectivity index (χ0v) is 19.2. The maximum absolute atomic E-state index is 12.8. The number of hydrogen-bond donors (Lipinski definition) is 1. The van der Waals surface area contributed by atoms with Crippen LogP contribution in [0.3, 0.4) is 0 Å². The molecular weight excluding hydrogens is 408 g/mol. The predicted molar refractivity (Wildman–Crippen MR) is 129 cm³/mol. The molecule has 1 N–H and O–H groups in total. The number of carbonyl (C=O) groups excluding carboxylic acids is 2. The molecule has 1 fully saturated rings. The Labute approximate surface area is 189 Å². The van der Waals surface area contributed by atoms with Gasteiger partial charge < -0.3 is 10.1 Å². The summed E-state index contributed by atoms with van der Waals surface area (Å²) in [7, 11) is 0. The molecule has 1 saturated heterocycles. The molecule has 1 aliphatic heterocycles. The molecular formula is C25H32N2O3S. The van der Waals surface area contributed by atoms with Gasteiger partial charge in [-0.3, -0.25) is 14.5 Å². The second kappa shape index (κ2) is 11.8. The van der Waals surface area contributed by atoms with Gasteiger partial charge >= 0.3 is 0 Å². The van der Waals surface area contributed by atoms with Crippen molar-refractivity contribution >= 4 is 35.0 Å². The first-order valence-corrected chi connectivity index (χ1v) is 12.2. The fourth-order valence-corrected chi connectivity index (χ4v) is 4.91. The van der Waals surface area contributed by atoms with E-state index in [1.54, 1.807) is 11.8 Å². The molecule has 0 spiro atoms. The number of hydrogen-bond acceptors (Lipinski definition) is 4. The Kier molecular flexibility index (Phi) is 8.83. The molecule has 166 valence electrons. The van der Waals surface area contributed by atoms with E-state index in [-0.39, 0.29) is 17.2 Å². The molecule has 1 heterocycles. The molecule has 0 radical (unpaired) electrons. The van der Waals surface area contributed by atoms with Crippen molar-refractivity contribution in [1.82, 2.24) is 0 Å². The van der Waals surface area contributed by atoms with Crippen molar-refractivity contribution in [3.05, 3.63) is 54.1 Å². The third-order valence-corrected chi connectivity index (χ3v) is 6.47. The Balaban J connectivity index is 1.71. The Hall–Kier alpha value is -2.47. The molecule has 1 atom stereocenters.